The largest absolute Gasteiger partial charge is 0.377 e. The minimum atomic E-state index is 0.213. The average molecular weight is 322 g/mol. The van der Waals surface area contributed by atoms with E-state index in [1.807, 2.05) is 4.90 Å². The molecular weight excluding hydrogens is 296 g/mol. The molecule has 0 aliphatic carbocycles. The number of rotatable bonds is 4. The summed E-state index contributed by atoms with van der Waals surface area (Å²) in [7, 11) is 0. The predicted octanol–water partition coefficient (Wildman–Crippen LogP) is 2.56. The second kappa shape index (κ2) is 7.11. The van der Waals surface area contributed by atoms with Crippen LogP contribution in [0.25, 0.3) is 0 Å². The molecule has 2 saturated heterocycles. The quantitative estimate of drug-likeness (QED) is 0.854. The molecule has 1 amide bonds. The summed E-state index contributed by atoms with van der Waals surface area (Å²) in [6.45, 7) is 9.81. The Morgan fingerprint density at radius 3 is 2.73 bits per heavy atom. The van der Waals surface area contributed by atoms with Crippen LogP contribution in [0.5, 0.6) is 0 Å². The van der Waals surface area contributed by atoms with E-state index in [-0.39, 0.29) is 5.91 Å². The molecule has 2 fully saturated rings. The van der Waals surface area contributed by atoms with Crippen LogP contribution in [0.1, 0.15) is 39.9 Å². The Morgan fingerprint density at radius 2 is 2.14 bits per heavy atom. The summed E-state index contributed by atoms with van der Waals surface area (Å²) in [5.74, 6) is 0.213. The van der Waals surface area contributed by atoms with Gasteiger partial charge in [-0.1, -0.05) is 6.92 Å². The molecule has 1 aromatic rings. The zero-order chi connectivity index (χ0) is 15.5. The Balaban J connectivity index is 1.52. The van der Waals surface area contributed by atoms with Gasteiger partial charge in [0.1, 0.15) is 0 Å². The molecule has 0 bridgehead atoms. The number of amides is 1. The van der Waals surface area contributed by atoms with Crippen molar-refractivity contribution < 1.29 is 9.53 Å². The van der Waals surface area contributed by atoms with E-state index in [1.165, 1.54) is 23.3 Å². The molecule has 122 valence electrons. The van der Waals surface area contributed by atoms with Gasteiger partial charge in [0.05, 0.1) is 11.0 Å². The number of nitrogens with zero attached hydrogens (tertiary/aromatic N) is 2. The molecule has 0 N–H and O–H groups in total. The summed E-state index contributed by atoms with van der Waals surface area (Å²) in [5.41, 5.74) is 1.26. The highest BCUT2D eigenvalue weighted by Gasteiger charge is 2.26. The van der Waals surface area contributed by atoms with Gasteiger partial charge < -0.3 is 9.64 Å². The van der Waals surface area contributed by atoms with Crippen molar-refractivity contribution in [2.75, 3.05) is 39.3 Å². The average Bonchev–Trinajstić information content (AvgIpc) is 3.16. The highest BCUT2D eigenvalue weighted by molar-refractivity contribution is 7.14. The van der Waals surface area contributed by atoms with Crippen LogP contribution in [-0.4, -0.2) is 61.1 Å². The molecule has 0 saturated carbocycles. The molecule has 0 aromatic carbocycles. The molecule has 0 radical (unpaired) electrons. The van der Waals surface area contributed by atoms with Crippen LogP contribution in [0.2, 0.25) is 0 Å². The Hall–Kier alpha value is -0.910. The van der Waals surface area contributed by atoms with Gasteiger partial charge >= 0.3 is 0 Å². The molecule has 0 spiro atoms. The lowest BCUT2D eigenvalue weighted by Crippen LogP contribution is -2.50. The van der Waals surface area contributed by atoms with E-state index in [4.69, 9.17) is 4.74 Å². The maximum atomic E-state index is 12.6. The Labute approximate surface area is 137 Å². The van der Waals surface area contributed by atoms with E-state index in [0.29, 0.717) is 6.10 Å². The van der Waals surface area contributed by atoms with Crippen molar-refractivity contribution >= 4 is 17.2 Å². The van der Waals surface area contributed by atoms with E-state index in [1.54, 1.807) is 11.3 Å². The molecule has 3 rings (SSSR count). The van der Waals surface area contributed by atoms with Gasteiger partial charge in [-0.2, -0.15) is 0 Å². The van der Waals surface area contributed by atoms with Crippen molar-refractivity contribution in [3.8, 4) is 0 Å². The minimum absolute atomic E-state index is 0.213. The number of carbonyl (C=O) groups excluding carboxylic acids is 1. The molecule has 2 aliphatic heterocycles. The summed E-state index contributed by atoms with van der Waals surface area (Å²) in [6.07, 6.45) is 3.81. The normalized spacial score (nSPS) is 23.2. The third-order valence-corrected chi connectivity index (χ3v) is 6.07. The Morgan fingerprint density at radius 1 is 1.36 bits per heavy atom. The maximum Gasteiger partial charge on any atom is 0.264 e. The summed E-state index contributed by atoms with van der Waals surface area (Å²) in [5, 5.41) is 0. The number of aryl methyl sites for hydroxylation is 2. The van der Waals surface area contributed by atoms with Gasteiger partial charge in [0.15, 0.2) is 0 Å². The molecule has 4 nitrogen and oxygen atoms in total. The van der Waals surface area contributed by atoms with Gasteiger partial charge in [0.2, 0.25) is 0 Å². The lowest BCUT2D eigenvalue weighted by atomic mass is 10.2. The van der Waals surface area contributed by atoms with Crippen LogP contribution < -0.4 is 0 Å². The number of hydrogen-bond acceptors (Lipinski definition) is 4. The first-order valence-corrected chi connectivity index (χ1v) is 9.21. The van der Waals surface area contributed by atoms with Gasteiger partial charge in [0, 0.05) is 44.2 Å². The number of piperazine rings is 1. The van der Waals surface area contributed by atoms with Crippen molar-refractivity contribution in [2.45, 2.75) is 39.2 Å². The van der Waals surface area contributed by atoms with E-state index in [0.717, 1.165) is 50.6 Å². The van der Waals surface area contributed by atoms with Crippen molar-refractivity contribution in [3.05, 3.63) is 21.4 Å². The second-order valence-corrected chi connectivity index (χ2v) is 7.43. The summed E-state index contributed by atoms with van der Waals surface area (Å²) in [4.78, 5) is 19.3. The first-order chi connectivity index (χ1) is 10.7. The predicted molar refractivity (Wildman–Crippen MR) is 89.8 cm³/mol. The van der Waals surface area contributed by atoms with Gasteiger partial charge in [-0.05, 0) is 37.8 Å². The van der Waals surface area contributed by atoms with Crippen LogP contribution >= 0.6 is 11.3 Å². The van der Waals surface area contributed by atoms with Gasteiger partial charge in [0.25, 0.3) is 5.91 Å². The van der Waals surface area contributed by atoms with Crippen LogP contribution in [0.3, 0.4) is 0 Å². The first-order valence-electron chi connectivity index (χ1n) is 8.40. The fourth-order valence-electron chi connectivity index (χ4n) is 3.34. The molecule has 1 atom stereocenters. The standard InChI is InChI=1S/C17H26N2O2S/c1-3-15-13(2)11-16(22-15)17(20)19-8-6-18(7-9-19)12-14-5-4-10-21-14/h11,14H,3-10,12H2,1-2H3. The number of hydrogen-bond donors (Lipinski definition) is 0. The summed E-state index contributed by atoms with van der Waals surface area (Å²) < 4.78 is 5.71. The third kappa shape index (κ3) is 3.53. The smallest absolute Gasteiger partial charge is 0.264 e. The minimum Gasteiger partial charge on any atom is -0.377 e. The lowest BCUT2D eigenvalue weighted by Gasteiger charge is -2.35. The molecular formula is C17H26N2O2S. The fourth-order valence-corrected chi connectivity index (χ4v) is 4.42. The number of thiophene rings is 1. The second-order valence-electron chi connectivity index (χ2n) is 6.30. The SMILES string of the molecule is CCc1sc(C(=O)N2CCN(CC3CCCO3)CC2)cc1C. The van der Waals surface area contributed by atoms with E-state index >= 15 is 0 Å². The monoisotopic (exact) mass is 322 g/mol. The topological polar surface area (TPSA) is 32.8 Å². The van der Waals surface area contributed by atoms with Crippen LogP contribution in [0.4, 0.5) is 0 Å². The summed E-state index contributed by atoms with van der Waals surface area (Å²) in [6, 6.07) is 2.06. The van der Waals surface area contributed by atoms with Crippen molar-refractivity contribution in [1.82, 2.24) is 9.80 Å². The van der Waals surface area contributed by atoms with Crippen LogP contribution in [-0.2, 0) is 11.2 Å². The highest BCUT2D eigenvalue weighted by atomic mass is 32.1. The zero-order valence-corrected chi connectivity index (χ0v) is 14.5. The summed E-state index contributed by atoms with van der Waals surface area (Å²) >= 11 is 1.66. The first kappa shape index (κ1) is 16.0. The molecule has 2 aliphatic rings. The maximum absolute atomic E-state index is 12.6. The van der Waals surface area contributed by atoms with Gasteiger partial charge in [-0.3, -0.25) is 9.69 Å². The molecule has 3 heterocycles. The molecule has 5 heteroatoms. The van der Waals surface area contributed by atoms with Gasteiger partial charge in [-0.15, -0.1) is 11.3 Å². The molecule has 1 unspecified atom stereocenters. The Kier molecular flexibility index (Phi) is 5.16. The highest BCUT2D eigenvalue weighted by Crippen LogP contribution is 2.24. The number of carbonyl (C=O) groups is 1. The zero-order valence-electron chi connectivity index (χ0n) is 13.6. The van der Waals surface area contributed by atoms with Crippen LogP contribution in [0.15, 0.2) is 6.07 Å². The van der Waals surface area contributed by atoms with Gasteiger partial charge in [-0.25, -0.2) is 0 Å². The van der Waals surface area contributed by atoms with Crippen molar-refractivity contribution in [3.63, 3.8) is 0 Å². The van der Waals surface area contributed by atoms with E-state index in [2.05, 4.69) is 24.8 Å². The molecule has 1 aromatic heterocycles. The Bertz CT molecular complexity index is 515. The molecule has 22 heavy (non-hydrogen) atoms. The lowest BCUT2D eigenvalue weighted by molar-refractivity contribution is 0.0435. The van der Waals surface area contributed by atoms with Crippen LogP contribution in [0, 0.1) is 6.92 Å². The van der Waals surface area contributed by atoms with Crippen molar-refractivity contribution in [2.24, 2.45) is 0 Å². The number of ether oxygens (including phenoxy) is 1. The third-order valence-electron chi connectivity index (χ3n) is 4.70. The van der Waals surface area contributed by atoms with Crippen molar-refractivity contribution in [1.29, 1.82) is 0 Å². The fraction of sp³-hybridized carbons (Fsp3) is 0.706. The van der Waals surface area contributed by atoms with E-state index in [9.17, 15) is 4.79 Å². The van der Waals surface area contributed by atoms with E-state index < -0.39 is 0 Å².